The smallest absolute Gasteiger partial charge is 0.492 e. The van der Waals surface area contributed by atoms with Gasteiger partial charge in [-0.05, 0) is 12.1 Å². The molecule has 0 saturated carbocycles. The van der Waals surface area contributed by atoms with Gasteiger partial charge in [-0.2, -0.15) is 0 Å². The topological polar surface area (TPSA) is 27.7 Å². The number of hydrogen-bond donors (Lipinski definition) is 0. The second-order valence-electron chi connectivity index (χ2n) is 3.54. The summed E-state index contributed by atoms with van der Waals surface area (Å²) in [5, 5.41) is 0. The van der Waals surface area contributed by atoms with Gasteiger partial charge in [0.2, 0.25) is 6.79 Å². The van der Waals surface area contributed by atoms with E-state index >= 15 is 0 Å². The fourth-order valence-corrected chi connectivity index (χ4v) is 1.24. The van der Waals surface area contributed by atoms with Crippen LogP contribution in [0.5, 0.6) is 17.2 Å². The summed E-state index contributed by atoms with van der Waals surface area (Å²) in [6.45, 7) is -2.59. The summed E-state index contributed by atoms with van der Waals surface area (Å²) in [7, 11) is 0. The van der Waals surface area contributed by atoms with Crippen LogP contribution in [0.15, 0.2) is 30.3 Å². The summed E-state index contributed by atoms with van der Waals surface area (Å²) < 4.78 is 51.7. The van der Waals surface area contributed by atoms with Crippen molar-refractivity contribution >= 4 is 6.98 Å². The van der Waals surface area contributed by atoms with Gasteiger partial charge in [0.05, 0.1) is 6.61 Å². The standard InChI is InChI=1S/C10H9BF3O3.K/c1-7(11(12,13)14)5-15-8-2-3-9-10(4-8)17-6-16-9;/h2-4H,1,5-6H2;/q-1;+1. The van der Waals surface area contributed by atoms with Gasteiger partial charge in [-0.25, -0.2) is 0 Å². The number of fused-ring (bicyclic) bond motifs is 1. The van der Waals surface area contributed by atoms with Gasteiger partial charge in [0.25, 0.3) is 0 Å². The molecule has 0 atom stereocenters. The van der Waals surface area contributed by atoms with Crippen LogP contribution in [-0.4, -0.2) is 20.4 Å². The zero-order valence-electron chi connectivity index (χ0n) is 9.79. The van der Waals surface area contributed by atoms with Crippen molar-refractivity contribution in [1.82, 2.24) is 0 Å². The average molecular weight is 284 g/mol. The summed E-state index contributed by atoms with van der Waals surface area (Å²) in [6.07, 6.45) is 0. The Morgan fingerprint density at radius 3 is 2.61 bits per heavy atom. The van der Waals surface area contributed by atoms with Crippen molar-refractivity contribution in [1.29, 1.82) is 0 Å². The molecule has 0 radical (unpaired) electrons. The van der Waals surface area contributed by atoms with Crippen LogP contribution in [0.25, 0.3) is 0 Å². The zero-order valence-corrected chi connectivity index (χ0v) is 12.9. The summed E-state index contributed by atoms with van der Waals surface area (Å²) in [5.41, 5.74) is -0.873. The molecule has 18 heavy (non-hydrogen) atoms. The van der Waals surface area contributed by atoms with Gasteiger partial charge in [0.15, 0.2) is 11.5 Å². The second kappa shape index (κ2) is 6.34. The monoisotopic (exact) mass is 284 g/mol. The molecule has 0 unspecified atom stereocenters. The van der Waals surface area contributed by atoms with Crippen LogP contribution in [0.3, 0.4) is 0 Å². The molecule has 92 valence electrons. The molecule has 8 heteroatoms. The molecule has 0 spiro atoms. The third-order valence-corrected chi connectivity index (χ3v) is 2.23. The van der Waals surface area contributed by atoms with Crippen LogP contribution in [0, 0.1) is 0 Å². The fraction of sp³-hybridized carbons (Fsp3) is 0.200. The van der Waals surface area contributed by atoms with Gasteiger partial charge < -0.3 is 27.2 Å². The minimum absolute atomic E-state index is 0. The van der Waals surface area contributed by atoms with Gasteiger partial charge in [0.1, 0.15) is 5.75 Å². The van der Waals surface area contributed by atoms with E-state index in [9.17, 15) is 12.9 Å². The Balaban J connectivity index is 0.00000162. The molecule has 0 aromatic heterocycles. The molecule has 1 aromatic carbocycles. The third kappa shape index (κ3) is 3.92. The van der Waals surface area contributed by atoms with E-state index in [1.165, 1.54) is 12.1 Å². The molecule has 1 aromatic rings. The Bertz CT molecular complexity index is 450. The van der Waals surface area contributed by atoms with E-state index in [-0.39, 0.29) is 63.9 Å². The SMILES string of the molecule is C=C(COc1ccc2c(c1)OCO2)[B-](F)(F)F.[K+]. The van der Waals surface area contributed by atoms with E-state index < -0.39 is 19.1 Å². The number of benzene rings is 1. The molecule has 0 aliphatic carbocycles. The summed E-state index contributed by atoms with van der Waals surface area (Å²) in [6, 6.07) is 4.59. The number of halogens is 3. The first-order valence-electron chi connectivity index (χ1n) is 4.87. The van der Waals surface area contributed by atoms with Gasteiger partial charge in [0, 0.05) is 6.07 Å². The van der Waals surface area contributed by atoms with Crippen LogP contribution < -0.4 is 65.6 Å². The number of rotatable bonds is 4. The van der Waals surface area contributed by atoms with Crippen molar-refractivity contribution in [3.63, 3.8) is 0 Å². The first-order chi connectivity index (χ1) is 7.97. The maximum absolute atomic E-state index is 12.2. The molecule has 0 saturated heterocycles. The molecule has 0 N–H and O–H groups in total. The van der Waals surface area contributed by atoms with Crippen molar-refractivity contribution in [2.45, 2.75) is 0 Å². The molecule has 1 aliphatic heterocycles. The van der Waals surface area contributed by atoms with Crippen molar-refractivity contribution in [2.75, 3.05) is 13.4 Å². The molecule has 0 bridgehead atoms. The zero-order chi connectivity index (χ0) is 12.5. The van der Waals surface area contributed by atoms with Crippen LogP contribution >= 0.6 is 0 Å². The Hall–Kier alpha value is -0.149. The maximum atomic E-state index is 12.2. The van der Waals surface area contributed by atoms with Gasteiger partial charge in [-0.15, -0.1) is 12.1 Å². The van der Waals surface area contributed by atoms with Crippen molar-refractivity contribution < 1.29 is 78.5 Å². The van der Waals surface area contributed by atoms with Gasteiger partial charge in [-0.1, -0.05) is 0 Å². The minimum Gasteiger partial charge on any atom is -0.492 e. The van der Waals surface area contributed by atoms with Crippen LogP contribution in [0.2, 0.25) is 0 Å². The first-order valence-corrected chi connectivity index (χ1v) is 4.87. The quantitative estimate of drug-likeness (QED) is 0.713. The number of ether oxygens (including phenoxy) is 3. The van der Waals surface area contributed by atoms with E-state index in [1.54, 1.807) is 6.07 Å². The molecule has 0 fully saturated rings. The Kier molecular flexibility index (Phi) is 5.60. The molecular weight excluding hydrogens is 275 g/mol. The summed E-state index contributed by atoms with van der Waals surface area (Å²) >= 11 is 0. The normalized spacial score (nSPS) is 12.8. The molecule has 1 heterocycles. The van der Waals surface area contributed by atoms with Crippen LogP contribution in [-0.2, 0) is 0 Å². The Labute approximate surface area is 145 Å². The largest absolute Gasteiger partial charge is 1.00 e. The van der Waals surface area contributed by atoms with E-state index in [1.807, 2.05) is 0 Å². The molecule has 0 amide bonds. The predicted octanol–water partition coefficient (Wildman–Crippen LogP) is -0.259. The molecule has 3 nitrogen and oxygen atoms in total. The van der Waals surface area contributed by atoms with Crippen LogP contribution in [0.4, 0.5) is 12.9 Å². The minimum atomic E-state index is -5.05. The predicted molar refractivity (Wildman–Crippen MR) is 56.3 cm³/mol. The Morgan fingerprint density at radius 1 is 1.28 bits per heavy atom. The number of hydrogen-bond acceptors (Lipinski definition) is 3. The average Bonchev–Trinajstić information content (AvgIpc) is 2.71. The fourth-order valence-electron chi connectivity index (χ4n) is 1.24. The molecule has 1 aliphatic rings. The van der Waals surface area contributed by atoms with Crippen molar-refractivity contribution in [2.24, 2.45) is 0 Å². The Morgan fingerprint density at radius 2 is 1.94 bits per heavy atom. The van der Waals surface area contributed by atoms with E-state index in [0.29, 0.717) is 11.5 Å². The van der Waals surface area contributed by atoms with E-state index in [0.717, 1.165) is 0 Å². The third-order valence-electron chi connectivity index (χ3n) is 2.23. The van der Waals surface area contributed by atoms with Gasteiger partial charge in [-0.3, -0.25) is 0 Å². The molecule has 2 rings (SSSR count). The molecular formula is C10H9BF3KO3. The first kappa shape index (κ1) is 15.9. The second-order valence-corrected chi connectivity index (χ2v) is 3.54. The van der Waals surface area contributed by atoms with Crippen molar-refractivity contribution in [3.05, 3.63) is 30.3 Å². The van der Waals surface area contributed by atoms with E-state index in [2.05, 4.69) is 6.58 Å². The van der Waals surface area contributed by atoms with Gasteiger partial charge >= 0.3 is 58.4 Å². The van der Waals surface area contributed by atoms with E-state index in [4.69, 9.17) is 14.2 Å². The van der Waals surface area contributed by atoms with Crippen molar-refractivity contribution in [3.8, 4) is 17.2 Å². The maximum Gasteiger partial charge on any atom is 1.00 e. The summed E-state index contributed by atoms with van der Waals surface area (Å²) in [5.74, 6) is 1.30. The summed E-state index contributed by atoms with van der Waals surface area (Å²) in [4.78, 5) is 0. The van der Waals surface area contributed by atoms with Crippen LogP contribution in [0.1, 0.15) is 0 Å².